The predicted octanol–water partition coefficient (Wildman–Crippen LogP) is 18.3. The molecule has 0 aliphatic rings. The molecule has 0 spiro atoms. The number of unbranched alkanes of at least 4 members (excludes halogenated alkanes) is 22. The van der Waals surface area contributed by atoms with Gasteiger partial charge >= 0.3 is 5.97 Å². The molecule has 1 amide bonds. The van der Waals surface area contributed by atoms with Crippen molar-refractivity contribution in [2.45, 2.75) is 258 Å². The molecular formula is C66H115N2O7P. The lowest BCUT2D eigenvalue weighted by atomic mass is 10.0. The summed E-state index contributed by atoms with van der Waals surface area (Å²) in [6.45, 7) is 6.58. The number of hydrogen-bond donors (Lipinski definition) is 1. The molecule has 76 heavy (non-hydrogen) atoms. The number of esters is 1. The number of quaternary nitrogens is 1. The SMILES string of the molecule is CC/C=C\C/C=C\C/C=C\C/C=C\C/C=C\CCCCCCCCCC(=O)OC(/C=C\CCCCCCCCCCCCC)C(COP(=O)([O-])OCC[N+](C)(C)C)NC(=O)CCCCCC/C=C/C/C=C/C/C=C/CC. The van der Waals surface area contributed by atoms with Crippen LogP contribution < -0.4 is 10.2 Å². The van der Waals surface area contributed by atoms with Gasteiger partial charge in [0.05, 0.1) is 33.8 Å². The first-order valence-electron chi connectivity index (χ1n) is 30.7. The Morgan fingerprint density at radius 2 is 0.842 bits per heavy atom. The average Bonchev–Trinajstić information content (AvgIpc) is 3.38. The molecule has 0 aromatic heterocycles. The fourth-order valence-electron chi connectivity index (χ4n) is 8.27. The first-order valence-corrected chi connectivity index (χ1v) is 32.2. The van der Waals surface area contributed by atoms with E-state index in [4.69, 9.17) is 13.8 Å². The summed E-state index contributed by atoms with van der Waals surface area (Å²) in [7, 11) is 1.15. The van der Waals surface area contributed by atoms with Gasteiger partial charge in [0.2, 0.25) is 5.91 Å². The monoisotopic (exact) mass is 1080 g/mol. The minimum Gasteiger partial charge on any atom is -0.756 e. The highest BCUT2D eigenvalue weighted by Gasteiger charge is 2.27. The molecule has 0 heterocycles. The van der Waals surface area contributed by atoms with Crippen LogP contribution in [-0.4, -0.2) is 69.4 Å². The van der Waals surface area contributed by atoms with Crippen LogP contribution in [0.2, 0.25) is 0 Å². The average molecular weight is 1080 g/mol. The smallest absolute Gasteiger partial charge is 0.306 e. The lowest BCUT2D eigenvalue weighted by molar-refractivity contribution is -0.870. The largest absolute Gasteiger partial charge is 0.756 e. The molecule has 0 aromatic rings. The molecule has 0 fully saturated rings. The summed E-state index contributed by atoms with van der Waals surface area (Å²) in [5, 5.41) is 3.01. The van der Waals surface area contributed by atoms with Gasteiger partial charge in [-0.3, -0.25) is 14.2 Å². The van der Waals surface area contributed by atoms with Crippen molar-refractivity contribution in [3.8, 4) is 0 Å². The Labute approximate surface area is 468 Å². The number of amides is 1. The van der Waals surface area contributed by atoms with Gasteiger partial charge in [0.15, 0.2) is 0 Å². The molecule has 0 aliphatic carbocycles. The second-order valence-electron chi connectivity index (χ2n) is 21.4. The zero-order chi connectivity index (χ0) is 55.7. The number of nitrogens with zero attached hydrogens (tertiary/aromatic N) is 1. The number of ether oxygens (including phenoxy) is 1. The maximum atomic E-state index is 13.5. The number of allylic oxidation sites excluding steroid dienone is 17. The number of rotatable bonds is 54. The molecule has 0 rings (SSSR count). The molecule has 9 nitrogen and oxygen atoms in total. The van der Waals surface area contributed by atoms with Crippen molar-refractivity contribution < 1.29 is 37.3 Å². The van der Waals surface area contributed by atoms with Crippen LogP contribution in [0.5, 0.6) is 0 Å². The van der Waals surface area contributed by atoms with Gasteiger partial charge in [-0.15, -0.1) is 0 Å². The van der Waals surface area contributed by atoms with Crippen molar-refractivity contribution in [1.82, 2.24) is 5.32 Å². The van der Waals surface area contributed by atoms with Crippen molar-refractivity contribution >= 4 is 19.7 Å². The zero-order valence-electron chi connectivity index (χ0n) is 49.7. The van der Waals surface area contributed by atoms with E-state index in [9.17, 15) is 19.0 Å². The number of carbonyl (C=O) groups is 2. The molecule has 0 aromatic carbocycles. The van der Waals surface area contributed by atoms with Crippen molar-refractivity contribution in [2.24, 2.45) is 0 Å². The van der Waals surface area contributed by atoms with Gasteiger partial charge in [0.1, 0.15) is 19.3 Å². The quantitative estimate of drug-likeness (QED) is 0.0212. The summed E-state index contributed by atoms with van der Waals surface area (Å²) >= 11 is 0. The molecule has 0 aliphatic heterocycles. The summed E-state index contributed by atoms with van der Waals surface area (Å²) in [6.07, 6.45) is 74.8. The van der Waals surface area contributed by atoms with Gasteiger partial charge in [-0.2, -0.15) is 0 Å². The fraction of sp³-hybridized carbons (Fsp3) is 0.697. The summed E-state index contributed by atoms with van der Waals surface area (Å²) < 4.78 is 30.3. The third kappa shape index (κ3) is 55.4. The van der Waals surface area contributed by atoms with Gasteiger partial charge < -0.3 is 28.5 Å². The van der Waals surface area contributed by atoms with Crippen LogP contribution in [-0.2, 0) is 27.9 Å². The van der Waals surface area contributed by atoms with Crippen LogP contribution in [0.3, 0.4) is 0 Å². The van der Waals surface area contributed by atoms with Gasteiger partial charge in [-0.05, 0) is 109 Å². The van der Waals surface area contributed by atoms with Crippen molar-refractivity contribution in [3.63, 3.8) is 0 Å². The van der Waals surface area contributed by atoms with E-state index >= 15 is 0 Å². The van der Waals surface area contributed by atoms with Crippen molar-refractivity contribution in [2.75, 3.05) is 40.9 Å². The maximum Gasteiger partial charge on any atom is 0.306 e. The van der Waals surface area contributed by atoms with E-state index in [2.05, 4.69) is 123 Å². The Kier molecular flexibility index (Phi) is 52.6. The minimum absolute atomic E-state index is 0.0343. The lowest BCUT2D eigenvalue weighted by Gasteiger charge is -2.30. The number of nitrogens with one attached hydrogen (secondary N) is 1. The molecule has 0 saturated carbocycles. The van der Waals surface area contributed by atoms with Gasteiger partial charge in [0, 0.05) is 12.8 Å². The van der Waals surface area contributed by atoms with E-state index in [-0.39, 0.29) is 31.3 Å². The van der Waals surface area contributed by atoms with Gasteiger partial charge in [0.25, 0.3) is 7.82 Å². The molecule has 436 valence electrons. The number of phosphoric acid groups is 1. The lowest BCUT2D eigenvalue weighted by Crippen LogP contribution is -2.47. The second-order valence-corrected chi connectivity index (χ2v) is 22.9. The third-order valence-corrected chi connectivity index (χ3v) is 13.9. The normalized spacial score (nSPS) is 14.5. The highest BCUT2D eigenvalue weighted by Crippen LogP contribution is 2.38. The highest BCUT2D eigenvalue weighted by molar-refractivity contribution is 7.45. The Bertz CT molecular complexity index is 1670. The van der Waals surface area contributed by atoms with E-state index in [1.165, 1.54) is 77.0 Å². The summed E-state index contributed by atoms with van der Waals surface area (Å²) in [5.41, 5.74) is 0. The highest BCUT2D eigenvalue weighted by atomic mass is 31.2. The molecule has 1 N–H and O–H groups in total. The van der Waals surface area contributed by atoms with Crippen LogP contribution in [0.4, 0.5) is 0 Å². The molecule has 3 atom stereocenters. The van der Waals surface area contributed by atoms with Crippen LogP contribution in [0.25, 0.3) is 0 Å². The molecule has 10 heteroatoms. The van der Waals surface area contributed by atoms with Crippen LogP contribution in [0.15, 0.2) is 109 Å². The zero-order valence-corrected chi connectivity index (χ0v) is 50.6. The Hall–Kier alpha value is -3.33. The van der Waals surface area contributed by atoms with Crippen molar-refractivity contribution in [3.05, 3.63) is 109 Å². The van der Waals surface area contributed by atoms with E-state index in [0.29, 0.717) is 23.9 Å². The summed E-state index contributed by atoms with van der Waals surface area (Å²) in [5.74, 6) is -0.585. The Morgan fingerprint density at radius 1 is 0.474 bits per heavy atom. The van der Waals surface area contributed by atoms with Crippen LogP contribution >= 0.6 is 7.82 Å². The topological polar surface area (TPSA) is 114 Å². The summed E-state index contributed by atoms with van der Waals surface area (Å²) in [4.78, 5) is 40.0. The maximum absolute atomic E-state index is 13.5. The molecule has 3 unspecified atom stereocenters. The number of likely N-dealkylation sites (N-methyl/N-ethyl adjacent to an activating group) is 1. The first-order chi connectivity index (χ1) is 36.9. The first kappa shape index (κ1) is 72.7. The molecular weight excluding hydrogens is 964 g/mol. The fourth-order valence-corrected chi connectivity index (χ4v) is 8.99. The number of hydrogen-bond acceptors (Lipinski definition) is 7. The Morgan fingerprint density at radius 3 is 1.26 bits per heavy atom. The minimum atomic E-state index is -4.71. The van der Waals surface area contributed by atoms with Crippen LogP contribution in [0, 0.1) is 0 Å². The van der Waals surface area contributed by atoms with Gasteiger partial charge in [-0.1, -0.05) is 233 Å². The van der Waals surface area contributed by atoms with Crippen LogP contribution in [0.1, 0.15) is 245 Å². The second kappa shape index (κ2) is 55.0. The number of carbonyl (C=O) groups excluding carboxylic acids is 2. The third-order valence-electron chi connectivity index (χ3n) is 12.9. The molecule has 0 bridgehead atoms. The van der Waals surface area contributed by atoms with Crippen molar-refractivity contribution in [1.29, 1.82) is 0 Å². The van der Waals surface area contributed by atoms with Gasteiger partial charge in [-0.25, -0.2) is 0 Å². The predicted molar refractivity (Wildman–Crippen MR) is 325 cm³/mol. The van der Waals surface area contributed by atoms with E-state index in [0.717, 1.165) is 122 Å². The van der Waals surface area contributed by atoms with E-state index < -0.39 is 26.6 Å². The standard InChI is InChI=1S/C66H115N2O7P/c1-7-10-13-16-19-22-25-28-30-31-32-33-34-35-36-37-38-41-44-47-50-53-56-59-66(70)75-64(57-54-51-48-45-42-39-27-24-21-18-15-12-9-3)63(62-74-76(71,72)73-61-60-68(4,5)6)67-65(69)58-55-52-49-46-43-40-29-26-23-20-17-14-11-8-2/h10-11,13-14,19-20,22-23,28-30,32-33,35-36,40,54,57,63-64H,7-9,12,15-18,21,24-27,31,34,37-39,41-53,55-56,58-62H2,1-6H3,(H-,67,69,71,72)/b13-10-,14-11+,22-19-,23-20+,30-28-,33-32-,36-35-,40-29+,57-54-. The molecule has 0 radical (unpaired) electrons. The van der Waals surface area contributed by atoms with E-state index in [1.54, 1.807) is 0 Å². The summed E-state index contributed by atoms with van der Waals surface area (Å²) in [6, 6.07) is -0.911. The number of phosphoric ester groups is 1. The Balaban J connectivity index is 5.30. The molecule has 0 saturated heterocycles. The van der Waals surface area contributed by atoms with E-state index in [1.807, 2.05) is 33.3 Å².